The fourth-order valence-corrected chi connectivity index (χ4v) is 1.93. The maximum absolute atomic E-state index is 3.57. The van der Waals surface area contributed by atoms with Crippen molar-refractivity contribution in [2.75, 3.05) is 19.6 Å². The van der Waals surface area contributed by atoms with E-state index < -0.39 is 0 Å². The Morgan fingerprint density at radius 3 is 2.55 bits per heavy atom. The van der Waals surface area contributed by atoms with E-state index in [9.17, 15) is 0 Å². The topological polar surface area (TPSA) is 3.24 Å². The van der Waals surface area contributed by atoms with Crippen LogP contribution in [0.15, 0.2) is 0 Å². The van der Waals surface area contributed by atoms with Gasteiger partial charge >= 0.3 is 0 Å². The molecule has 1 aliphatic rings. The van der Waals surface area contributed by atoms with E-state index in [-0.39, 0.29) is 0 Å². The van der Waals surface area contributed by atoms with Crippen molar-refractivity contribution in [3.8, 4) is 0 Å². The third-order valence-electron chi connectivity index (χ3n) is 2.27. The summed E-state index contributed by atoms with van der Waals surface area (Å²) in [4.78, 5) is 3.28. The molecule has 1 unspecified atom stereocenters. The normalized spacial score (nSPS) is 22.4. The molecule has 11 heavy (non-hydrogen) atoms. The molecule has 1 aliphatic heterocycles. The maximum atomic E-state index is 3.57. The second-order valence-electron chi connectivity index (χ2n) is 3.47. The lowest BCUT2D eigenvalue weighted by Gasteiger charge is -2.14. The van der Waals surface area contributed by atoms with E-state index in [1.165, 1.54) is 45.3 Å². The van der Waals surface area contributed by atoms with E-state index in [0.29, 0.717) is 4.83 Å². The van der Waals surface area contributed by atoms with Crippen molar-refractivity contribution in [1.29, 1.82) is 0 Å². The summed E-state index contributed by atoms with van der Waals surface area (Å²) in [5.41, 5.74) is 0. The van der Waals surface area contributed by atoms with Gasteiger partial charge in [0.1, 0.15) is 0 Å². The lowest BCUT2D eigenvalue weighted by molar-refractivity contribution is 0.330. The van der Waals surface area contributed by atoms with Gasteiger partial charge in [-0.25, -0.2) is 0 Å². The van der Waals surface area contributed by atoms with Gasteiger partial charge in [0, 0.05) is 4.83 Å². The molecule has 0 radical (unpaired) electrons. The molecule has 0 spiro atoms. The molecule has 0 aromatic carbocycles. The van der Waals surface area contributed by atoms with E-state index in [1.807, 2.05) is 0 Å². The fraction of sp³-hybridized carbons (Fsp3) is 1.00. The summed E-state index contributed by atoms with van der Waals surface area (Å²) in [6.07, 6.45) is 5.51. The molecule has 1 rings (SSSR count). The first-order valence-electron chi connectivity index (χ1n) is 4.65. The zero-order chi connectivity index (χ0) is 8.10. The van der Waals surface area contributed by atoms with E-state index >= 15 is 0 Å². The minimum atomic E-state index is 0.699. The van der Waals surface area contributed by atoms with Gasteiger partial charge in [-0.15, -0.1) is 0 Å². The Hall–Kier alpha value is 0.440. The van der Waals surface area contributed by atoms with Crippen molar-refractivity contribution < 1.29 is 0 Å². The quantitative estimate of drug-likeness (QED) is 0.658. The van der Waals surface area contributed by atoms with Crippen molar-refractivity contribution in [3.05, 3.63) is 0 Å². The van der Waals surface area contributed by atoms with Gasteiger partial charge in [-0.1, -0.05) is 22.9 Å². The molecule has 0 saturated carbocycles. The Morgan fingerprint density at radius 2 is 2.00 bits per heavy atom. The predicted octanol–water partition coefficient (Wildman–Crippen LogP) is 2.65. The number of hydrogen-bond acceptors (Lipinski definition) is 1. The molecule has 0 bridgehead atoms. The Bertz CT molecular complexity index is 97.7. The number of likely N-dealkylation sites (tertiary alicyclic amines) is 1. The third kappa shape index (κ3) is 4.12. The van der Waals surface area contributed by atoms with Gasteiger partial charge in [0.25, 0.3) is 0 Å². The van der Waals surface area contributed by atoms with Gasteiger partial charge in [0.15, 0.2) is 0 Å². The first kappa shape index (κ1) is 9.53. The fourth-order valence-electron chi connectivity index (χ4n) is 1.60. The second kappa shape index (κ2) is 5.15. The van der Waals surface area contributed by atoms with Crippen LogP contribution < -0.4 is 0 Å². The van der Waals surface area contributed by atoms with Gasteiger partial charge in [0.2, 0.25) is 0 Å². The summed E-state index contributed by atoms with van der Waals surface area (Å²) in [5.74, 6) is 0. The van der Waals surface area contributed by atoms with E-state index in [1.54, 1.807) is 0 Å². The number of alkyl halides is 1. The van der Waals surface area contributed by atoms with Crippen molar-refractivity contribution in [1.82, 2.24) is 4.90 Å². The molecule has 0 aliphatic carbocycles. The highest BCUT2D eigenvalue weighted by Crippen LogP contribution is 2.11. The predicted molar refractivity (Wildman–Crippen MR) is 53.3 cm³/mol. The molecule has 0 amide bonds. The maximum Gasteiger partial charge on any atom is 0.0118 e. The standard InChI is InChI=1S/C9H18BrN/c1-9(10)5-4-8-11-6-2-3-7-11/h9H,2-8H2,1H3. The van der Waals surface area contributed by atoms with E-state index in [4.69, 9.17) is 0 Å². The molecule has 1 saturated heterocycles. The van der Waals surface area contributed by atoms with Crippen LogP contribution in [0.4, 0.5) is 0 Å². The summed E-state index contributed by atoms with van der Waals surface area (Å²) in [6.45, 7) is 6.23. The minimum absolute atomic E-state index is 0.699. The first-order chi connectivity index (χ1) is 5.29. The Morgan fingerprint density at radius 1 is 1.36 bits per heavy atom. The monoisotopic (exact) mass is 219 g/mol. The molecule has 0 aromatic rings. The molecular formula is C9H18BrN. The molecule has 0 aromatic heterocycles. The molecule has 2 heteroatoms. The first-order valence-corrected chi connectivity index (χ1v) is 5.57. The smallest absolute Gasteiger partial charge is 0.0118 e. The van der Waals surface area contributed by atoms with Gasteiger partial charge in [-0.3, -0.25) is 0 Å². The van der Waals surface area contributed by atoms with Crippen molar-refractivity contribution >= 4 is 15.9 Å². The van der Waals surface area contributed by atoms with Gasteiger partial charge in [-0.2, -0.15) is 0 Å². The van der Waals surface area contributed by atoms with Crippen LogP contribution in [-0.4, -0.2) is 29.4 Å². The molecule has 1 atom stereocenters. The summed E-state index contributed by atoms with van der Waals surface area (Å²) in [5, 5.41) is 0. The van der Waals surface area contributed by atoms with Crippen LogP contribution in [0.3, 0.4) is 0 Å². The lowest BCUT2D eigenvalue weighted by atomic mass is 10.2. The SMILES string of the molecule is CC(Br)CCCN1CCCC1. The van der Waals surface area contributed by atoms with Crippen molar-refractivity contribution in [2.45, 2.75) is 37.4 Å². The van der Waals surface area contributed by atoms with Crippen LogP contribution in [0.2, 0.25) is 0 Å². The Kier molecular flexibility index (Phi) is 4.46. The van der Waals surface area contributed by atoms with Crippen LogP contribution >= 0.6 is 15.9 Å². The lowest BCUT2D eigenvalue weighted by Crippen LogP contribution is -2.20. The van der Waals surface area contributed by atoms with Crippen LogP contribution in [0.5, 0.6) is 0 Å². The van der Waals surface area contributed by atoms with E-state index in [0.717, 1.165) is 0 Å². The van der Waals surface area contributed by atoms with Crippen molar-refractivity contribution in [2.24, 2.45) is 0 Å². The highest BCUT2D eigenvalue weighted by molar-refractivity contribution is 9.09. The van der Waals surface area contributed by atoms with Crippen LogP contribution in [0, 0.1) is 0 Å². The van der Waals surface area contributed by atoms with Crippen molar-refractivity contribution in [3.63, 3.8) is 0 Å². The van der Waals surface area contributed by atoms with Gasteiger partial charge < -0.3 is 4.90 Å². The van der Waals surface area contributed by atoms with Gasteiger partial charge in [0.05, 0.1) is 0 Å². The number of halogens is 1. The summed E-state index contributed by atoms with van der Waals surface area (Å²) < 4.78 is 0. The molecule has 1 heterocycles. The Labute approximate surface area is 78.3 Å². The van der Waals surface area contributed by atoms with Crippen LogP contribution in [0.25, 0.3) is 0 Å². The van der Waals surface area contributed by atoms with Gasteiger partial charge in [-0.05, 0) is 45.3 Å². The summed E-state index contributed by atoms with van der Waals surface area (Å²) in [7, 11) is 0. The molecule has 1 nitrogen and oxygen atoms in total. The largest absolute Gasteiger partial charge is 0.303 e. The Balaban J connectivity index is 1.94. The number of hydrogen-bond donors (Lipinski definition) is 0. The molecule has 1 fully saturated rings. The molecule has 66 valence electrons. The van der Waals surface area contributed by atoms with Crippen LogP contribution in [-0.2, 0) is 0 Å². The number of rotatable bonds is 4. The highest BCUT2D eigenvalue weighted by Gasteiger charge is 2.10. The average Bonchev–Trinajstić information content (AvgIpc) is 2.39. The van der Waals surface area contributed by atoms with E-state index in [2.05, 4.69) is 27.8 Å². The minimum Gasteiger partial charge on any atom is -0.303 e. The summed E-state index contributed by atoms with van der Waals surface area (Å²) in [6, 6.07) is 0. The average molecular weight is 220 g/mol. The number of nitrogens with zero attached hydrogens (tertiary/aromatic N) is 1. The summed E-state index contributed by atoms with van der Waals surface area (Å²) >= 11 is 3.57. The zero-order valence-electron chi connectivity index (χ0n) is 7.35. The molecular weight excluding hydrogens is 202 g/mol. The highest BCUT2D eigenvalue weighted by atomic mass is 79.9. The van der Waals surface area contributed by atoms with Crippen LogP contribution in [0.1, 0.15) is 32.6 Å². The zero-order valence-corrected chi connectivity index (χ0v) is 8.94. The second-order valence-corrected chi connectivity index (χ2v) is 5.03. The third-order valence-corrected chi connectivity index (χ3v) is 2.73. The molecule has 0 N–H and O–H groups in total.